The Morgan fingerprint density at radius 2 is 1.73 bits per heavy atom. The van der Waals surface area contributed by atoms with Crippen LogP contribution in [0.3, 0.4) is 0 Å². The van der Waals surface area contributed by atoms with Gasteiger partial charge in [0.15, 0.2) is 0 Å². The van der Waals surface area contributed by atoms with Crippen molar-refractivity contribution in [3.8, 4) is 5.75 Å². The molecule has 48 heavy (non-hydrogen) atoms. The molecule has 0 saturated carbocycles. The van der Waals surface area contributed by atoms with E-state index in [0.717, 1.165) is 18.6 Å². The minimum atomic E-state index is -3.96. The number of rotatable bonds is 8. The second-order valence-electron chi connectivity index (χ2n) is 12.2. The first kappa shape index (κ1) is 36.8. The third-order valence-corrected chi connectivity index (χ3v) is 10.1. The van der Waals surface area contributed by atoms with Crippen molar-refractivity contribution in [2.75, 3.05) is 44.0 Å². The lowest BCUT2D eigenvalue weighted by atomic mass is 10.0. The highest BCUT2D eigenvalue weighted by molar-refractivity contribution is 7.89. The molecule has 11 nitrogen and oxygen atoms in total. The van der Waals surface area contributed by atoms with Crippen LogP contribution < -0.4 is 15.4 Å². The lowest BCUT2D eigenvalue weighted by Gasteiger charge is -2.35. The zero-order valence-electron chi connectivity index (χ0n) is 27.8. The summed E-state index contributed by atoms with van der Waals surface area (Å²) in [6, 6.07) is 17.4. The number of aliphatic hydroxyl groups is 1. The average molecular weight is 685 g/mol. The highest BCUT2D eigenvalue weighted by Crippen LogP contribution is 2.29. The number of likely N-dealkylation sites (N-methyl/N-ethyl adjacent to an activating group) is 1. The van der Waals surface area contributed by atoms with Gasteiger partial charge in [0.1, 0.15) is 11.6 Å². The number of benzene rings is 3. The summed E-state index contributed by atoms with van der Waals surface area (Å²) in [4.78, 5) is 28.6. The molecular formula is C35H45FN4O7S. The molecule has 260 valence electrons. The van der Waals surface area contributed by atoms with E-state index < -0.39 is 39.9 Å². The van der Waals surface area contributed by atoms with Gasteiger partial charge < -0.3 is 30.1 Å². The van der Waals surface area contributed by atoms with E-state index in [0.29, 0.717) is 36.6 Å². The van der Waals surface area contributed by atoms with Crippen LogP contribution in [-0.4, -0.2) is 86.3 Å². The van der Waals surface area contributed by atoms with Crippen LogP contribution in [0.5, 0.6) is 5.75 Å². The number of anilines is 2. The number of sulfonamides is 1. The molecule has 0 aliphatic carbocycles. The number of amides is 3. The molecule has 1 aliphatic rings. The van der Waals surface area contributed by atoms with E-state index in [-0.39, 0.29) is 42.2 Å². The maximum absolute atomic E-state index is 14.3. The number of carbonyl (C=O) groups excluding carboxylic acids is 2. The number of nitrogens with zero attached hydrogens (tertiary/aromatic N) is 2. The van der Waals surface area contributed by atoms with E-state index in [2.05, 4.69) is 10.6 Å². The van der Waals surface area contributed by atoms with Crippen LogP contribution in [0.15, 0.2) is 77.7 Å². The van der Waals surface area contributed by atoms with E-state index in [1.54, 1.807) is 49.4 Å². The summed E-state index contributed by atoms with van der Waals surface area (Å²) in [6.45, 7) is 5.64. The number of nitrogens with one attached hydrogen (secondary N) is 2. The van der Waals surface area contributed by atoms with Crippen LogP contribution in [0.2, 0.25) is 0 Å². The van der Waals surface area contributed by atoms with Gasteiger partial charge in [-0.2, -0.15) is 4.31 Å². The first-order valence-corrected chi connectivity index (χ1v) is 17.5. The second-order valence-corrected chi connectivity index (χ2v) is 14.2. The fourth-order valence-corrected chi connectivity index (χ4v) is 6.60. The van der Waals surface area contributed by atoms with Crippen molar-refractivity contribution in [2.45, 2.75) is 63.2 Å². The van der Waals surface area contributed by atoms with E-state index in [4.69, 9.17) is 9.47 Å². The summed E-state index contributed by atoms with van der Waals surface area (Å²) in [5.74, 6) is -1.000. The van der Waals surface area contributed by atoms with E-state index in [9.17, 15) is 27.5 Å². The van der Waals surface area contributed by atoms with Crippen LogP contribution in [0.4, 0.5) is 20.6 Å². The normalized spacial score (nSPS) is 20.3. The van der Waals surface area contributed by atoms with Crippen molar-refractivity contribution in [1.82, 2.24) is 9.21 Å². The average Bonchev–Trinajstić information content (AvgIpc) is 3.06. The van der Waals surface area contributed by atoms with Gasteiger partial charge in [-0.1, -0.05) is 25.1 Å². The van der Waals surface area contributed by atoms with Crippen LogP contribution in [0.25, 0.3) is 0 Å². The van der Waals surface area contributed by atoms with Gasteiger partial charge in [-0.05, 0) is 87.7 Å². The Balaban J connectivity index is 1.62. The van der Waals surface area contributed by atoms with E-state index in [1.165, 1.54) is 28.4 Å². The van der Waals surface area contributed by atoms with Gasteiger partial charge in [-0.25, -0.2) is 17.6 Å². The lowest BCUT2D eigenvalue weighted by molar-refractivity contribution is -0.00834. The number of halogens is 1. The van der Waals surface area contributed by atoms with Crippen LogP contribution in [-0.2, 0) is 14.8 Å². The third-order valence-electron chi connectivity index (χ3n) is 8.30. The van der Waals surface area contributed by atoms with Gasteiger partial charge in [0, 0.05) is 44.0 Å². The molecule has 0 saturated heterocycles. The van der Waals surface area contributed by atoms with Crippen LogP contribution >= 0.6 is 0 Å². The molecule has 3 aromatic carbocycles. The molecule has 4 rings (SSSR count). The number of ether oxygens (including phenoxy) is 2. The fraction of sp³-hybridized carbons (Fsp3) is 0.429. The van der Waals surface area contributed by atoms with Crippen molar-refractivity contribution >= 4 is 33.3 Å². The van der Waals surface area contributed by atoms with Crippen LogP contribution in [0, 0.1) is 11.7 Å². The molecule has 0 radical (unpaired) electrons. The zero-order valence-corrected chi connectivity index (χ0v) is 28.6. The Morgan fingerprint density at radius 3 is 2.42 bits per heavy atom. The maximum atomic E-state index is 14.3. The number of para-hydroxylation sites is 1. The topological polar surface area (TPSA) is 138 Å². The van der Waals surface area contributed by atoms with Crippen molar-refractivity contribution in [2.24, 2.45) is 5.92 Å². The molecule has 0 aromatic heterocycles. The lowest BCUT2D eigenvalue weighted by Crippen LogP contribution is -2.48. The summed E-state index contributed by atoms with van der Waals surface area (Å²) in [6.07, 6.45) is 1.28. The highest BCUT2D eigenvalue weighted by Gasteiger charge is 2.32. The molecule has 0 bridgehead atoms. The quantitative estimate of drug-likeness (QED) is 0.282. The predicted molar refractivity (Wildman–Crippen MR) is 182 cm³/mol. The number of hydrogen-bond acceptors (Lipinski definition) is 7. The Morgan fingerprint density at radius 1 is 1.04 bits per heavy atom. The van der Waals surface area contributed by atoms with Gasteiger partial charge in [0.05, 0.1) is 35.3 Å². The van der Waals surface area contributed by atoms with Gasteiger partial charge in [0.2, 0.25) is 10.0 Å². The Bertz CT molecular complexity index is 1630. The SMILES string of the molecule is C[C@@H]1CN([C@H](C)CO)C(=O)c2cc(NC(=O)Nc3ccccc3)ccc2O[C@@H](C)CCCCO[C@@H]1CN(C)S(=O)(=O)c1ccc(F)cc1. The Hall–Kier alpha value is -4.04. The van der Waals surface area contributed by atoms with E-state index in [1.807, 2.05) is 19.9 Å². The molecule has 4 atom stereocenters. The summed E-state index contributed by atoms with van der Waals surface area (Å²) in [5.41, 5.74) is 1.18. The van der Waals surface area contributed by atoms with Gasteiger partial charge in [-0.15, -0.1) is 0 Å². The maximum Gasteiger partial charge on any atom is 0.323 e. The monoisotopic (exact) mass is 684 g/mol. The Kier molecular flexibility index (Phi) is 12.9. The molecule has 3 N–H and O–H groups in total. The highest BCUT2D eigenvalue weighted by atomic mass is 32.2. The van der Waals surface area contributed by atoms with Gasteiger partial charge in [-0.3, -0.25) is 4.79 Å². The molecule has 3 amide bonds. The number of hydrogen-bond donors (Lipinski definition) is 3. The van der Waals surface area contributed by atoms with E-state index >= 15 is 0 Å². The molecule has 13 heteroatoms. The predicted octanol–water partition coefficient (Wildman–Crippen LogP) is 5.59. The minimum absolute atomic E-state index is 0.0168. The molecule has 3 aromatic rings. The second kappa shape index (κ2) is 16.9. The third kappa shape index (κ3) is 9.75. The number of urea groups is 1. The minimum Gasteiger partial charge on any atom is -0.490 e. The summed E-state index contributed by atoms with van der Waals surface area (Å²) < 4.78 is 53.9. The largest absolute Gasteiger partial charge is 0.490 e. The molecule has 0 spiro atoms. The molecule has 0 fully saturated rings. The molecule has 0 unspecified atom stereocenters. The van der Waals surface area contributed by atoms with Crippen molar-refractivity contribution < 1.29 is 37.0 Å². The van der Waals surface area contributed by atoms with Crippen LogP contribution in [0.1, 0.15) is 50.4 Å². The number of aliphatic hydroxyl groups excluding tert-OH is 1. The first-order valence-electron chi connectivity index (χ1n) is 16.1. The zero-order chi connectivity index (χ0) is 34.8. The van der Waals surface area contributed by atoms with Gasteiger partial charge in [0.25, 0.3) is 5.91 Å². The first-order chi connectivity index (χ1) is 22.9. The fourth-order valence-electron chi connectivity index (χ4n) is 5.42. The van der Waals surface area contributed by atoms with Crippen molar-refractivity contribution in [3.63, 3.8) is 0 Å². The van der Waals surface area contributed by atoms with Gasteiger partial charge >= 0.3 is 6.03 Å². The van der Waals surface area contributed by atoms with Crippen molar-refractivity contribution in [3.05, 3.63) is 84.2 Å². The molecule has 1 aliphatic heterocycles. The molecular weight excluding hydrogens is 639 g/mol. The molecule has 1 heterocycles. The number of fused-ring (bicyclic) bond motifs is 1. The summed E-state index contributed by atoms with van der Waals surface area (Å²) in [5, 5.41) is 15.7. The smallest absolute Gasteiger partial charge is 0.323 e. The van der Waals surface area contributed by atoms with Crippen molar-refractivity contribution in [1.29, 1.82) is 0 Å². The standard InChI is InChI=1S/C35H45FN4O7S/c1-24-21-40(25(2)23-41)34(42)31-20-29(38-35(43)37-28-11-6-5-7-12-28)15-18-32(31)47-26(3)10-8-9-19-46-33(24)22-39(4)48(44,45)30-16-13-27(36)14-17-30/h5-7,11-18,20,24-26,33,41H,8-10,19,21-23H2,1-4H3,(H2,37,38,43)/t24-,25-,26+,33-/m1/s1. The number of carbonyl (C=O) groups is 2. The summed E-state index contributed by atoms with van der Waals surface area (Å²) >= 11 is 0. The summed E-state index contributed by atoms with van der Waals surface area (Å²) in [7, 11) is -2.52. The Labute approximate surface area is 282 Å².